The van der Waals surface area contributed by atoms with Gasteiger partial charge in [0.05, 0.1) is 12.8 Å². The number of ether oxygens (including phenoxy) is 2. The van der Waals surface area contributed by atoms with Crippen LogP contribution in [0.3, 0.4) is 0 Å². The van der Waals surface area contributed by atoms with E-state index in [4.69, 9.17) is 25.5 Å². The highest BCUT2D eigenvalue weighted by atomic mass is 35.5. The van der Waals surface area contributed by atoms with E-state index < -0.39 is 6.10 Å². The van der Waals surface area contributed by atoms with E-state index in [2.05, 4.69) is 0 Å². The summed E-state index contributed by atoms with van der Waals surface area (Å²) in [6.45, 7) is 0.890. The van der Waals surface area contributed by atoms with Gasteiger partial charge in [-0.05, 0) is 42.0 Å². The van der Waals surface area contributed by atoms with E-state index in [1.54, 1.807) is 29.4 Å². The van der Waals surface area contributed by atoms with Gasteiger partial charge in [0.15, 0.2) is 11.5 Å². The predicted octanol–water partition coefficient (Wildman–Crippen LogP) is 4.30. The second-order valence-corrected chi connectivity index (χ2v) is 6.70. The third-order valence-electron chi connectivity index (χ3n) is 4.28. The maximum absolute atomic E-state index is 13.2. The second-order valence-electron chi connectivity index (χ2n) is 6.27. The van der Waals surface area contributed by atoms with E-state index in [9.17, 15) is 4.79 Å². The van der Waals surface area contributed by atoms with Gasteiger partial charge in [-0.3, -0.25) is 4.79 Å². The minimum absolute atomic E-state index is 0.166. The first-order chi connectivity index (χ1) is 13.2. The Hall–Kier alpha value is -2.92. The zero-order valence-electron chi connectivity index (χ0n) is 14.5. The standard InChI is InChI=1S/C21H18ClNO4/c22-16-6-3-5-15(11-16)12-23(13-17-7-4-10-25-17)21(24)20-14-26-18-8-1-2-9-19(18)27-20/h1-11,20H,12-14H2/t20-/m1/s1. The first kappa shape index (κ1) is 17.5. The van der Waals surface area contributed by atoms with Crippen molar-refractivity contribution in [1.82, 2.24) is 4.90 Å². The fourth-order valence-electron chi connectivity index (χ4n) is 3.00. The molecular formula is C21H18ClNO4. The number of para-hydroxylation sites is 2. The number of amides is 1. The third-order valence-corrected chi connectivity index (χ3v) is 4.52. The molecule has 0 fully saturated rings. The first-order valence-electron chi connectivity index (χ1n) is 8.63. The molecule has 3 aromatic rings. The van der Waals surface area contributed by atoms with Crippen molar-refractivity contribution in [3.8, 4) is 11.5 Å². The number of furan rings is 1. The summed E-state index contributed by atoms with van der Waals surface area (Å²) in [6.07, 6.45) is 0.877. The molecule has 0 aliphatic carbocycles. The van der Waals surface area contributed by atoms with Crippen molar-refractivity contribution in [2.75, 3.05) is 6.61 Å². The summed E-state index contributed by atoms with van der Waals surface area (Å²) in [5.41, 5.74) is 0.930. The average Bonchev–Trinajstić information content (AvgIpc) is 3.20. The number of nitrogens with zero attached hydrogens (tertiary/aromatic N) is 1. The van der Waals surface area contributed by atoms with Gasteiger partial charge in [0.2, 0.25) is 6.10 Å². The van der Waals surface area contributed by atoms with Crippen molar-refractivity contribution in [3.63, 3.8) is 0 Å². The molecule has 0 saturated carbocycles. The van der Waals surface area contributed by atoms with Crippen LogP contribution in [-0.4, -0.2) is 23.5 Å². The minimum Gasteiger partial charge on any atom is -0.485 e. The van der Waals surface area contributed by atoms with Gasteiger partial charge < -0.3 is 18.8 Å². The number of hydrogen-bond donors (Lipinski definition) is 0. The third kappa shape index (κ3) is 4.09. The van der Waals surface area contributed by atoms with Gasteiger partial charge in [-0.1, -0.05) is 35.9 Å². The molecule has 5 nitrogen and oxygen atoms in total. The predicted molar refractivity (Wildman–Crippen MR) is 101 cm³/mol. The van der Waals surface area contributed by atoms with Crippen LogP contribution in [0, 0.1) is 0 Å². The molecule has 0 N–H and O–H groups in total. The SMILES string of the molecule is O=C([C@H]1COc2ccccc2O1)N(Cc1cccc(Cl)c1)Cc1ccco1. The van der Waals surface area contributed by atoms with Crippen molar-refractivity contribution in [1.29, 1.82) is 0 Å². The molecular weight excluding hydrogens is 366 g/mol. The number of carbonyl (C=O) groups is 1. The average molecular weight is 384 g/mol. The quantitative estimate of drug-likeness (QED) is 0.659. The molecule has 0 spiro atoms. The molecule has 0 saturated heterocycles. The highest BCUT2D eigenvalue weighted by Gasteiger charge is 2.31. The van der Waals surface area contributed by atoms with Gasteiger partial charge in [-0.2, -0.15) is 0 Å². The summed E-state index contributed by atoms with van der Waals surface area (Å²) >= 11 is 6.09. The van der Waals surface area contributed by atoms with Gasteiger partial charge in [0.1, 0.15) is 12.4 Å². The highest BCUT2D eigenvalue weighted by molar-refractivity contribution is 6.30. The Balaban J connectivity index is 1.55. The molecule has 1 aliphatic heterocycles. The summed E-state index contributed by atoms with van der Waals surface area (Å²) in [5, 5.41) is 0.629. The lowest BCUT2D eigenvalue weighted by atomic mass is 10.2. The Labute approximate surface area is 162 Å². The molecule has 0 bridgehead atoms. The van der Waals surface area contributed by atoms with Gasteiger partial charge in [-0.15, -0.1) is 0 Å². The Morgan fingerprint density at radius 2 is 1.89 bits per heavy atom. The summed E-state index contributed by atoms with van der Waals surface area (Å²) in [5.74, 6) is 1.75. The number of carbonyl (C=O) groups excluding carboxylic acids is 1. The van der Waals surface area contributed by atoms with Gasteiger partial charge in [-0.25, -0.2) is 0 Å². The molecule has 6 heteroatoms. The van der Waals surface area contributed by atoms with Gasteiger partial charge in [0, 0.05) is 11.6 Å². The van der Waals surface area contributed by atoms with Crippen LogP contribution in [0.15, 0.2) is 71.3 Å². The van der Waals surface area contributed by atoms with Crippen LogP contribution in [0.5, 0.6) is 11.5 Å². The molecule has 1 aliphatic rings. The van der Waals surface area contributed by atoms with E-state index in [0.717, 1.165) is 5.56 Å². The van der Waals surface area contributed by atoms with E-state index in [0.29, 0.717) is 35.4 Å². The number of rotatable bonds is 5. The first-order valence-corrected chi connectivity index (χ1v) is 9.01. The zero-order valence-corrected chi connectivity index (χ0v) is 15.3. The molecule has 2 aromatic carbocycles. The molecule has 0 unspecified atom stereocenters. The van der Waals surface area contributed by atoms with Crippen LogP contribution in [0.2, 0.25) is 5.02 Å². The fraction of sp³-hybridized carbons (Fsp3) is 0.190. The van der Waals surface area contributed by atoms with Gasteiger partial charge >= 0.3 is 0 Å². The van der Waals surface area contributed by atoms with Crippen LogP contribution in [0.1, 0.15) is 11.3 Å². The monoisotopic (exact) mass is 383 g/mol. The molecule has 27 heavy (non-hydrogen) atoms. The maximum atomic E-state index is 13.2. The van der Waals surface area contributed by atoms with Crippen LogP contribution in [-0.2, 0) is 17.9 Å². The lowest BCUT2D eigenvalue weighted by Crippen LogP contribution is -2.45. The summed E-state index contributed by atoms with van der Waals surface area (Å²) in [7, 11) is 0. The van der Waals surface area contributed by atoms with Crippen molar-refractivity contribution in [2.24, 2.45) is 0 Å². The highest BCUT2D eigenvalue weighted by Crippen LogP contribution is 2.31. The number of halogens is 1. The second kappa shape index (κ2) is 7.76. The van der Waals surface area contributed by atoms with Crippen LogP contribution in [0.25, 0.3) is 0 Å². The van der Waals surface area contributed by atoms with E-state index in [-0.39, 0.29) is 12.5 Å². The Morgan fingerprint density at radius 3 is 2.67 bits per heavy atom. The number of benzene rings is 2. The van der Waals surface area contributed by atoms with Crippen molar-refractivity contribution in [2.45, 2.75) is 19.2 Å². The molecule has 2 heterocycles. The Bertz CT molecular complexity index is 925. The molecule has 1 amide bonds. The zero-order chi connectivity index (χ0) is 18.6. The van der Waals surface area contributed by atoms with Crippen molar-refractivity contribution in [3.05, 3.63) is 83.3 Å². The smallest absolute Gasteiger partial charge is 0.267 e. The maximum Gasteiger partial charge on any atom is 0.267 e. The minimum atomic E-state index is -0.714. The molecule has 1 aromatic heterocycles. The Kier molecular flexibility index (Phi) is 5.03. The van der Waals surface area contributed by atoms with E-state index in [1.165, 1.54) is 0 Å². The van der Waals surface area contributed by atoms with Crippen molar-refractivity contribution < 1.29 is 18.7 Å². The lowest BCUT2D eigenvalue weighted by molar-refractivity contribution is -0.142. The topological polar surface area (TPSA) is 51.9 Å². The van der Waals surface area contributed by atoms with E-state index in [1.807, 2.05) is 42.5 Å². The molecule has 0 radical (unpaired) electrons. The fourth-order valence-corrected chi connectivity index (χ4v) is 3.22. The lowest BCUT2D eigenvalue weighted by Gasteiger charge is -2.30. The van der Waals surface area contributed by atoms with E-state index >= 15 is 0 Å². The summed E-state index contributed by atoms with van der Waals surface area (Å²) < 4.78 is 17.0. The number of fused-ring (bicyclic) bond motifs is 1. The van der Waals surface area contributed by atoms with Crippen LogP contribution < -0.4 is 9.47 Å². The molecule has 1 atom stereocenters. The summed E-state index contributed by atoms with van der Waals surface area (Å²) in [4.78, 5) is 14.9. The molecule has 4 rings (SSSR count). The summed E-state index contributed by atoms with van der Waals surface area (Å²) in [6, 6.07) is 18.4. The van der Waals surface area contributed by atoms with Crippen LogP contribution in [0.4, 0.5) is 0 Å². The Morgan fingerprint density at radius 1 is 1.04 bits per heavy atom. The van der Waals surface area contributed by atoms with Crippen molar-refractivity contribution >= 4 is 17.5 Å². The largest absolute Gasteiger partial charge is 0.485 e. The van der Waals surface area contributed by atoms with Crippen LogP contribution >= 0.6 is 11.6 Å². The molecule has 138 valence electrons. The van der Waals surface area contributed by atoms with Gasteiger partial charge in [0.25, 0.3) is 5.91 Å². The number of hydrogen-bond acceptors (Lipinski definition) is 4. The normalized spacial score (nSPS) is 15.4.